The number of hydrogen-bond donors (Lipinski definition) is 1. The quantitative estimate of drug-likeness (QED) is 0.804. The van der Waals surface area contributed by atoms with E-state index in [2.05, 4.69) is 4.72 Å². The summed E-state index contributed by atoms with van der Waals surface area (Å²) in [5.41, 5.74) is 2.69. The van der Waals surface area contributed by atoms with E-state index in [4.69, 9.17) is 4.74 Å². The third kappa shape index (κ3) is 4.61. The molecule has 0 aromatic heterocycles. The van der Waals surface area contributed by atoms with E-state index in [1.165, 1.54) is 0 Å². The average molecular weight is 362 g/mol. The molecule has 4 nitrogen and oxygen atoms in total. The van der Waals surface area contributed by atoms with Gasteiger partial charge in [-0.15, -0.1) is 0 Å². The Hall–Kier alpha value is -1.85. The van der Waals surface area contributed by atoms with Crippen LogP contribution in [-0.4, -0.2) is 22.1 Å². The molecule has 0 aliphatic carbocycles. The Morgan fingerprint density at radius 3 is 2.28 bits per heavy atom. The van der Waals surface area contributed by atoms with Crippen LogP contribution in [0.25, 0.3) is 0 Å². The summed E-state index contributed by atoms with van der Waals surface area (Å²) in [7, 11) is -1.97. The zero-order valence-corrected chi connectivity index (χ0v) is 16.4. The molecule has 0 unspecified atom stereocenters. The van der Waals surface area contributed by atoms with Crippen LogP contribution in [0.3, 0.4) is 0 Å². The molecule has 0 aliphatic heterocycles. The number of sulfonamides is 1. The van der Waals surface area contributed by atoms with Crippen LogP contribution in [0.2, 0.25) is 0 Å². The molecule has 0 bridgehead atoms. The zero-order chi connectivity index (χ0) is 18.6. The Kier molecular flexibility index (Phi) is 6.25. The van der Waals surface area contributed by atoms with Crippen LogP contribution < -0.4 is 9.46 Å². The van der Waals surface area contributed by atoms with Gasteiger partial charge in [0.15, 0.2) is 0 Å². The Morgan fingerprint density at radius 1 is 1.08 bits per heavy atom. The first-order valence-corrected chi connectivity index (χ1v) is 9.97. The van der Waals surface area contributed by atoms with E-state index >= 15 is 0 Å². The molecule has 0 saturated carbocycles. The molecular weight excluding hydrogens is 334 g/mol. The molecule has 0 fully saturated rings. The second-order valence-corrected chi connectivity index (χ2v) is 8.41. The van der Waals surface area contributed by atoms with Crippen molar-refractivity contribution in [2.45, 2.75) is 44.4 Å². The van der Waals surface area contributed by atoms with E-state index in [9.17, 15) is 8.42 Å². The van der Waals surface area contributed by atoms with Crippen molar-refractivity contribution in [1.29, 1.82) is 0 Å². The lowest BCUT2D eigenvalue weighted by molar-refractivity contribution is 0.406. The lowest BCUT2D eigenvalue weighted by atomic mass is 10.0. The minimum Gasteiger partial charge on any atom is -0.496 e. The van der Waals surface area contributed by atoms with Gasteiger partial charge in [0.05, 0.1) is 12.0 Å². The van der Waals surface area contributed by atoms with Crippen molar-refractivity contribution in [2.75, 3.05) is 13.7 Å². The maximum Gasteiger partial charge on any atom is 0.240 e. The van der Waals surface area contributed by atoms with Gasteiger partial charge in [0.2, 0.25) is 10.0 Å². The normalized spacial score (nSPS) is 13.0. The molecule has 2 aromatic carbocycles. The van der Waals surface area contributed by atoms with Gasteiger partial charge in [0, 0.05) is 6.54 Å². The lowest BCUT2D eigenvalue weighted by Gasteiger charge is -2.18. The number of nitrogens with one attached hydrogen (secondary N) is 1. The van der Waals surface area contributed by atoms with Gasteiger partial charge >= 0.3 is 0 Å². The number of ether oxygens (including phenoxy) is 1. The minimum absolute atomic E-state index is 0.0964. The molecule has 0 heterocycles. The largest absolute Gasteiger partial charge is 0.496 e. The summed E-state index contributed by atoms with van der Waals surface area (Å²) in [6.45, 7) is 8.21. The van der Waals surface area contributed by atoms with Gasteiger partial charge in [-0.05, 0) is 47.6 Å². The molecule has 136 valence electrons. The summed E-state index contributed by atoms with van der Waals surface area (Å²) < 4.78 is 33.8. The van der Waals surface area contributed by atoms with E-state index in [0.29, 0.717) is 17.0 Å². The summed E-state index contributed by atoms with van der Waals surface area (Å²) in [4.78, 5) is 0.317. The molecule has 1 N–H and O–H groups in total. The summed E-state index contributed by atoms with van der Waals surface area (Å²) in [6, 6.07) is 13.4. The Morgan fingerprint density at radius 2 is 1.72 bits per heavy atom. The van der Waals surface area contributed by atoms with E-state index in [-0.39, 0.29) is 11.8 Å². The maximum absolute atomic E-state index is 12.8. The highest BCUT2D eigenvalue weighted by molar-refractivity contribution is 7.89. The fourth-order valence-corrected chi connectivity index (χ4v) is 4.20. The third-order valence-corrected chi connectivity index (χ3v) is 5.95. The van der Waals surface area contributed by atoms with E-state index in [1.54, 1.807) is 26.2 Å². The monoisotopic (exact) mass is 361 g/mol. The smallest absolute Gasteiger partial charge is 0.240 e. The van der Waals surface area contributed by atoms with E-state index < -0.39 is 10.0 Å². The minimum atomic E-state index is -3.58. The van der Waals surface area contributed by atoms with Gasteiger partial charge in [-0.25, -0.2) is 13.1 Å². The fourth-order valence-electron chi connectivity index (χ4n) is 2.81. The molecule has 0 saturated heterocycles. The number of aryl methyl sites for hydroxylation is 1. The fraction of sp³-hybridized carbons (Fsp3) is 0.400. The van der Waals surface area contributed by atoms with Crippen LogP contribution in [0.15, 0.2) is 47.4 Å². The molecular formula is C20H27NO3S. The first kappa shape index (κ1) is 19.5. The molecule has 2 rings (SSSR count). The Bertz CT molecular complexity index is 814. The van der Waals surface area contributed by atoms with Crippen LogP contribution in [0.1, 0.15) is 49.3 Å². The van der Waals surface area contributed by atoms with Crippen molar-refractivity contribution in [3.63, 3.8) is 0 Å². The third-order valence-electron chi connectivity index (χ3n) is 4.39. The van der Waals surface area contributed by atoms with Crippen LogP contribution in [0.5, 0.6) is 5.75 Å². The van der Waals surface area contributed by atoms with Crippen molar-refractivity contribution in [2.24, 2.45) is 0 Å². The van der Waals surface area contributed by atoms with Gasteiger partial charge in [0.25, 0.3) is 0 Å². The summed E-state index contributed by atoms with van der Waals surface area (Å²) in [5.74, 6) is 0.996. The van der Waals surface area contributed by atoms with Crippen molar-refractivity contribution in [3.05, 3.63) is 59.2 Å². The summed E-state index contributed by atoms with van der Waals surface area (Å²) >= 11 is 0. The highest BCUT2D eigenvalue weighted by Gasteiger charge is 2.21. The predicted octanol–water partition coefficient (Wildman–Crippen LogP) is 4.21. The second kappa shape index (κ2) is 8.02. The van der Waals surface area contributed by atoms with Gasteiger partial charge in [-0.2, -0.15) is 0 Å². The van der Waals surface area contributed by atoms with Crippen molar-refractivity contribution < 1.29 is 13.2 Å². The zero-order valence-electron chi connectivity index (χ0n) is 15.5. The lowest BCUT2D eigenvalue weighted by Crippen LogP contribution is -2.28. The summed E-state index contributed by atoms with van der Waals surface area (Å²) in [5, 5.41) is 0. The van der Waals surface area contributed by atoms with Crippen LogP contribution in [-0.2, 0) is 10.0 Å². The standard InChI is InChI=1S/C20H27NO3S/c1-14(2)18-12-20(15(3)11-19(18)24-5)25(22,23)21-13-16(4)17-9-7-6-8-10-17/h6-12,14,16,21H,13H2,1-5H3/t16-/m0/s1. The second-order valence-electron chi connectivity index (χ2n) is 6.68. The van der Waals surface area contributed by atoms with Crippen molar-refractivity contribution >= 4 is 10.0 Å². The van der Waals surface area contributed by atoms with Crippen LogP contribution in [0, 0.1) is 6.92 Å². The molecule has 1 atom stereocenters. The van der Waals surface area contributed by atoms with Gasteiger partial charge < -0.3 is 4.74 Å². The molecule has 25 heavy (non-hydrogen) atoms. The topological polar surface area (TPSA) is 55.4 Å². The predicted molar refractivity (Wildman–Crippen MR) is 102 cm³/mol. The highest BCUT2D eigenvalue weighted by atomic mass is 32.2. The number of methoxy groups -OCH3 is 1. The first-order valence-electron chi connectivity index (χ1n) is 8.49. The van der Waals surface area contributed by atoms with Gasteiger partial charge in [0.1, 0.15) is 5.75 Å². The SMILES string of the molecule is COc1cc(C)c(S(=O)(=O)NC[C@H](C)c2ccccc2)cc1C(C)C. The van der Waals surface area contributed by atoms with Crippen LogP contribution >= 0.6 is 0 Å². The Labute approximate surface area is 151 Å². The molecule has 2 aromatic rings. The van der Waals surface area contributed by atoms with E-state index in [1.807, 2.05) is 51.1 Å². The van der Waals surface area contributed by atoms with Crippen LogP contribution in [0.4, 0.5) is 0 Å². The molecule has 0 aliphatic rings. The number of benzene rings is 2. The molecule has 0 radical (unpaired) electrons. The number of rotatable bonds is 7. The number of hydrogen-bond acceptors (Lipinski definition) is 3. The van der Waals surface area contributed by atoms with Crippen molar-refractivity contribution in [3.8, 4) is 5.75 Å². The van der Waals surface area contributed by atoms with Crippen molar-refractivity contribution in [1.82, 2.24) is 4.72 Å². The van der Waals surface area contributed by atoms with E-state index in [0.717, 1.165) is 16.9 Å². The van der Waals surface area contributed by atoms with Gasteiger partial charge in [-0.3, -0.25) is 0 Å². The maximum atomic E-state index is 12.8. The Balaban J connectivity index is 2.26. The van der Waals surface area contributed by atoms with Gasteiger partial charge in [-0.1, -0.05) is 51.1 Å². The molecule has 0 spiro atoms. The first-order chi connectivity index (χ1) is 11.8. The highest BCUT2D eigenvalue weighted by Crippen LogP contribution is 2.31. The summed E-state index contributed by atoms with van der Waals surface area (Å²) in [6.07, 6.45) is 0. The molecule has 0 amide bonds. The molecule has 5 heteroatoms. The average Bonchev–Trinajstić information content (AvgIpc) is 2.59.